The van der Waals surface area contributed by atoms with Gasteiger partial charge in [0.05, 0.1) is 0 Å². The summed E-state index contributed by atoms with van der Waals surface area (Å²) in [6.45, 7) is 15.2. The van der Waals surface area contributed by atoms with E-state index in [2.05, 4.69) is 53.1 Å². The lowest BCUT2D eigenvalue weighted by molar-refractivity contribution is 0.266. The summed E-state index contributed by atoms with van der Waals surface area (Å²) in [6, 6.07) is 0. The average Bonchev–Trinajstić information content (AvgIpc) is 2.18. The summed E-state index contributed by atoms with van der Waals surface area (Å²) in [4.78, 5) is 1.47. The Labute approximate surface area is 98.4 Å². The van der Waals surface area contributed by atoms with Crippen LogP contribution in [0.15, 0.2) is 23.0 Å². The molecule has 0 aliphatic heterocycles. The van der Waals surface area contributed by atoms with E-state index in [1.165, 1.54) is 17.7 Å². The maximum absolute atomic E-state index is 4.20. The van der Waals surface area contributed by atoms with E-state index in [4.69, 9.17) is 0 Å². The standard InChI is InChI=1S/C14H26S/c1-8-11-14(6,12(4)5)13(9-2)15(7)10-3/h9-10,12H,3,7-8,11H2,1-2,4-6H3/b13-9-. The lowest BCUT2D eigenvalue weighted by Gasteiger charge is -2.37. The Bertz CT molecular complexity index is 261. The van der Waals surface area contributed by atoms with E-state index in [1.54, 1.807) is 0 Å². The molecule has 0 saturated heterocycles. The Balaban J connectivity index is 5.22. The van der Waals surface area contributed by atoms with Gasteiger partial charge >= 0.3 is 0 Å². The third-order valence-electron chi connectivity index (χ3n) is 3.35. The molecule has 0 saturated carbocycles. The molecule has 0 fully saturated rings. The second-order valence-corrected chi connectivity index (χ2v) is 6.20. The van der Waals surface area contributed by atoms with Gasteiger partial charge in [-0.1, -0.05) is 52.6 Å². The molecule has 15 heavy (non-hydrogen) atoms. The minimum absolute atomic E-state index is 0.0313. The minimum Gasteiger partial charge on any atom is -0.143 e. The van der Waals surface area contributed by atoms with Crippen LogP contribution in [-0.2, 0) is 0 Å². The van der Waals surface area contributed by atoms with Gasteiger partial charge in [-0.3, -0.25) is 0 Å². The second-order valence-electron chi connectivity index (χ2n) is 4.57. The summed E-state index contributed by atoms with van der Waals surface area (Å²) in [5.74, 6) is 4.85. The fourth-order valence-corrected chi connectivity index (χ4v) is 3.51. The van der Waals surface area contributed by atoms with Crippen LogP contribution >= 0.6 is 10.5 Å². The lowest BCUT2D eigenvalue weighted by Crippen LogP contribution is -2.25. The molecule has 0 heterocycles. The molecule has 0 aliphatic carbocycles. The SMILES string of the molecule is C=CS(=C)/C(=C\C)C(C)(CCC)C(C)C. The van der Waals surface area contributed by atoms with Crippen molar-refractivity contribution >= 4 is 16.4 Å². The number of rotatable bonds is 6. The normalized spacial score (nSPS) is 18.7. The topological polar surface area (TPSA) is 0 Å². The summed E-state index contributed by atoms with van der Waals surface area (Å²) in [7, 11) is -0.0313. The molecule has 0 spiro atoms. The zero-order valence-corrected chi connectivity index (χ0v) is 11.8. The zero-order valence-electron chi connectivity index (χ0n) is 11.0. The molecule has 0 nitrogen and oxygen atoms in total. The molecule has 0 N–H and O–H groups in total. The Morgan fingerprint density at radius 3 is 2.27 bits per heavy atom. The van der Waals surface area contributed by atoms with Gasteiger partial charge in [0.1, 0.15) is 0 Å². The van der Waals surface area contributed by atoms with E-state index in [1.807, 2.05) is 5.41 Å². The number of hydrogen-bond acceptors (Lipinski definition) is 0. The second kappa shape index (κ2) is 6.32. The largest absolute Gasteiger partial charge is 0.143 e. The molecule has 2 unspecified atom stereocenters. The third-order valence-corrected chi connectivity index (χ3v) is 5.02. The van der Waals surface area contributed by atoms with E-state index >= 15 is 0 Å². The van der Waals surface area contributed by atoms with Crippen LogP contribution in [0.25, 0.3) is 0 Å². The van der Waals surface area contributed by atoms with E-state index in [0.717, 1.165) is 0 Å². The lowest BCUT2D eigenvalue weighted by atomic mass is 9.75. The van der Waals surface area contributed by atoms with Crippen molar-refractivity contribution in [1.29, 1.82) is 0 Å². The number of hydrogen-bond donors (Lipinski definition) is 0. The van der Waals surface area contributed by atoms with Gasteiger partial charge in [-0.25, -0.2) is 0 Å². The summed E-state index contributed by atoms with van der Waals surface area (Å²) in [6.07, 6.45) is 4.70. The molecular formula is C14H26S. The molecule has 88 valence electrons. The van der Waals surface area contributed by atoms with Gasteiger partial charge in [0.15, 0.2) is 0 Å². The molecule has 0 aromatic heterocycles. The van der Waals surface area contributed by atoms with Crippen LogP contribution in [0.2, 0.25) is 0 Å². The third kappa shape index (κ3) is 3.34. The Hall–Kier alpha value is -0.300. The summed E-state index contributed by atoms with van der Waals surface area (Å²) >= 11 is 0. The van der Waals surface area contributed by atoms with Crippen LogP contribution < -0.4 is 0 Å². The van der Waals surface area contributed by atoms with Gasteiger partial charge < -0.3 is 0 Å². The molecule has 2 atom stereocenters. The maximum Gasteiger partial charge on any atom is 0.000236 e. The van der Waals surface area contributed by atoms with Gasteiger partial charge in [-0.15, -0.1) is 10.5 Å². The highest BCUT2D eigenvalue weighted by Crippen LogP contribution is 2.47. The average molecular weight is 226 g/mol. The van der Waals surface area contributed by atoms with Crippen LogP contribution in [0, 0.1) is 11.3 Å². The predicted octanol–water partition coefficient (Wildman–Crippen LogP) is 5.20. The van der Waals surface area contributed by atoms with Crippen molar-refractivity contribution < 1.29 is 0 Å². The molecule has 0 amide bonds. The predicted molar refractivity (Wildman–Crippen MR) is 76.5 cm³/mol. The molecule has 0 rings (SSSR count). The van der Waals surface area contributed by atoms with Crippen LogP contribution in [0.4, 0.5) is 0 Å². The van der Waals surface area contributed by atoms with Crippen molar-refractivity contribution in [2.75, 3.05) is 0 Å². The van der Waals surface area contributed by atoms with Crippen molar-refractivity contribution in [1.82, 2.24) is 0 Å². The molecule has 0 aromatic rings. The Morgan fingerprint density at radius 2 is 2.00 bits per heavy atom. The Kier molecular flexibility index (Phi) is 6.19. The first-order valence-electron chi connectivity index (χ1n) is 5.76. The first kappa shape index (κ1) is 14.7. The maximum atomic E-state index is 4.20. The zero-order chi connectivity index (χ0) is 12.1. The Morgan fingerprint density at radius 1 is 1.47 bits per heavy atom. The van der Waals surface area contributed by atoms with Crippen LogP contribution in [0.5, 0.6) is 0 Å². The molecule has 0 radical (unpaired) electrons. The van der Waals surface area contributed by atoms with Gasteiger partial charge in [0, 0.05) is 5.41 Å². The van der Waals surface area contributed by atoms with E-state index in [9.17, 15) is 0 Å². The summed E-state index contributed by atoms with van der Waals surface area (Å²) < 4.78 is 0. The van der Waals surface area contributed by atoms with E-state index in [-0.39, 0.29) is 15.9 Å². The first-order chi connectivity index (χ1) is 6.93. The molecule has 1 heteroatoms. The summed E-state index contributed by atoms with van der Waals surface area (Å²) in [5.41, 5.74) is 0.280. The van der Waals surface area contributed by atoms with Crippen molar-refractivity contribution in [3.05, 3.63) is 23.0 Å². The van der Waals surface area contributed by atoms with Crippen LogP contribution in [0.3, 0.4) is 0 Å². The van der Waals surface area contributed by atoms with Gasteiger partial charge in [-0.05, 0) is 29.6 Å². The van der Waals surface area contributed by atoms with Crippen LogP contribution in [-0.4, -0.2) is 5.87 Å². The smallest absolute Gasteiger partial charge is 0.000236 e. The number of allylic oxidation sites excluding steroid dienone is 2. The summed E-state index contributed by atoms with van der Waals surface area (Å²) in [5, 5.41) is 1.98. The van der Waals surface area contributed by atoms with Gasteiger partial charge in [0.2, 0.25) is 0 Å². The molecular weight excluding hydrogens is 200 g/mol. The van der Waals surface area contributed by atoms with Crippen molar-refractivity contribution in [3.63, 3.8) is 0 Å². The highest BCUT2D eigenvalue weighted by atomic mass is 32.2. The molecule has 0 aliphatic rings. The van der Waals surface area contributed by atoms with E-state index in [0.29, 0.717) is 5.92 Å². The molecule has 0 bridgehead atoms. The minimum atomic E-state index is -0.0313. The monoisotopic (exact) mass is 226 g/mol. The highest BCUT2D eigenvalue weighted by Gasteiger charge is 2.31. The molecule has 0 aromatic carbocycles. The van der Waals surface area contributed by atoms with Crippen molar-refractivity contribution in [2.24, 2.45) is 11.3 Å². The van der Waals surface area contributed by atoms with Gasteiger partial charge in [-0.2, -0.15) is 0 Å². The fourth-order valence-electron chi connectivity index (χ4n) is 2.09. The van der Waals surface area contributed by atoms with Crippen LogP contribution in [0.1, 0.15) is 47.5 Å². The first-order valence-corrected chi connectivity index (χ1v) is 7.21. The van der Waals surface area contributed by atoms with Crippen molar-refractivity contribution in [3.8, 4) is 0 Å². The fraction of sp³-hybridized carbons (Fsp3) is 0.643. The van der Waals surface area contributed by atoms with Gasteiger partial charge in [0.25, 0.3) is 0 Å². The van der Waals surface area contributed by atoms with Crippen molar-refractivity contribution in [2.45, 2.75) is 47.5 Å². The quantitative estimate of drug-likeness (QED) is 0.546. The van der Waals surface area contributed by atoms with E-state index < -0.39 is 0 Å². The highest BCUT2D eigenvalue weighted by molar-refractivity contribution is 8.20.